The highest BCUT2D eigenvalue weighted by Crippen LogP contribution is 2.14. The molecule has 2 aromatic rings. The van der Waals surface area contributed by atoms with Crippen molar-refractivity contribution in [2.24, 2.45) is 7.05 Å². The summed E-state index contributed by atoms with van der Waals surface area (Å²) in [7, 11) is -1.73. The van der Waals surface area contributed by atoms with E-state index in [4.69, 9.17) is 0 Å². The number of hydrogen-bond acceptors (Lipinski definition) is 4. The summed E-state index contributed by atoms with van der Waals surface area (Å²) in [4.78, 5) is 15.9. The van der Waals surface area contributed by atoms with Crippen LogP contribution in [0.25, 0.3) is 10.9 Å². The van der Waals surface area contributed by atoms with Gasteiger partial charge in [0.2, 0.25) is 0 Å². The number of nitrogens with zero attached hydrogens (tertiary/aromatic N) is 2. The largest absolute Gasteiger partial charge is 0.302 e. The molecule has 0 saturated heterocycles. The molecule has 84 valence electrons. The highest BCUT2D eigenvalue weighted by molar-refractivity contribution is 7.90. The number of sulfone groups is 1. The van der Waals surface area contributed by atoms with Crippen LogP contribution in [-0.2, 0) is 16.9 Å². The van der Waals surface area contributed by atoms with Gasteiger partial charge in [-0.2, -0.15) is 0 Å². The van der Waals surface area contributed by atoms with Gasteiger partial charge in [0.15, 0.2) is 9.84 Å². The molecule has 1 heterocycles. The third-order valence-corrected chi connectivity index (χ3v) is 3.43. The smallest absolute Gasteiger partial charge is 0.260 e. The molecule has 0 bridgehead atoms. The molecule has 1 aromatic carbocycles. The van der Waals surface area contributed by atoms with E-state index in [9.17, 15) is 13.2 Å². The molecule has 0 saturated carbocycles. The van der Waals surface area contributed by atoms with Gasteiger partial charge in [0.1, 0.15) is 0 Å². The lowest BCUT2D eigenvalue weighted by Gasteiger charge is -2.02. The molecule has 0 radical (unpaired) electrons. The number of benzene rings is 1. The van der Waals surface area contributed by atoms with Crippen LogP contribution in [0.3, 0.4) is 0 Å². The maximum absolute atomic E-state index is 11.7. The first-order valence-corrected chi connectivity index (χ1v) is 6.44. The number of fused-ring (bicyclic) bond motifs is 1. The van der Waals surface area contributed by atoms with E-state index in [-0.39, 0.29) is 10.5 Å². The lowest BCUT2D eigenvalue weighted by molar-refractivity contribution is 0.602. The number of aromatic nitrogens is 2. The Morgan fingerprint density at radius 1 is 1.31 bits per heavy atom. The summed E-state index contributed by atoms with van der Waals surface area (Å²) in [6.45, 7) is 0. The minimum atomic E-state index is -3.30. The molecule has 0 spiro atoms. The molecule has 0 aliphatic carbocycles. The van der Waals surface area contributed by atoms with E-state index >= 15 is 0 Å². The van der Waals surface area contributed by atoms with Crippen molar-refractivity contribution < 1.29 is 8.42 Å². The van der Waals surface area contributed by atoms with Gasteiger partial charge in [0.05, 0.1) is 22.1 Å². The van der Waals surface area contributed by atoms with Gasteiger partial charge in [0, 0.05) is 13.3 Å². The first kappa shape index (κ1) is 10.8. The second-order valence-corrected chi connectivity index (χ2v) is 5.63. The fraction of sp³-hybridized carbons (Fsp3) is 0.200. The predicted octanol–water partition coefficient (Wildman–Crippen LogP) is 0.337. The van der Waals surface area contributed by atoms with Gasteiger partial charge in [-0.15, -0.1) is 0 Å². The Morgan fingerprint density at radius 3 is 2.62 bits per heavy atom. The van der Waals surface area contributed by atoms with Crippen LogP contribution in [0.15, 0.2) is 34.2 Å². The standard InChI is InChI=1S/C10H10N2O3S/c1-12-6-11-9-4-3-7(16(2,14)15)5-8(9)10(12)13/h3-6H,1-2H3. The highest BCUT2D eigenvalue weighted by atomic mass is 32.2. The van der Waals surface area contributed by atoms with Crippen molar-refractivity contribution in [1.29, 1.82) is 0 Å². The molecule has 0 aliphatic rings. The van der Waals surface area contributed by atoms with E-state index < -0.39 is 9.84 Å². The van der Waals surface area contributed by atoms with Gasteiger partial charge >= 0.3 is 0 Å². The van der Waals surface area contributed by atoms with Gasteiger partial charge in [0.25, 0.3) is 5.56 Å². The summed E-state index contributed by atoms with van der Waals surface area (Å²) in [6.07, 6.45) is 2.51. The van der Waals surface area contributed by atoms with E-state index in [1.807, 2.05) is 0 Å². The SMILES string of the molecule is Cn1cnc2ccc(S(C)(=O)=O)cc2c1=O. The maximum atomic E-state index is 11.7. The van der Waals surface area contributed by atoms with Crippen molar-refractivity contribution in [3.8, 4) is 0 Å². The zero-order valence-electron chi connectivity index (χ0n) is 8.84. The van der Waals surface area contributed by atoms with Crippen LogP contribution >= 0.6 is 0 Å². The van der Waals surface area contributed by atoms with Crippen LogP contribution in [0.1, 0.15) is 0 Å². The summed E-state index contributed by atoms with van der Waals surface area (Å²) in [5, 5.41) is 0.313. The quantitative estimate of drug-likeness (QED) is 0.718. The molecule has 0 fully saturated rings. The van der Waals surface area contributed by atoms with Crippen molar-refractivity contribution in [3.63, 3.8) is 0 Å². The van der Waals surface area contributed by atoms with Gasteiger partial charge in [-0.3, -0.25) is 4.79 Å². The Labute approximate surface area is 92.3 Å². The zero-order chi connectivity index (χ0) is 11.9. The third-order valence-electron chi connectivity index (χ3n) is 2.32. The van der Waals surface area contributed by atoms with Crippen LogP contribution in [0.4, 0.5) is 0 Å². The minimum Gasteiger partial charge on any atom is -0.302 e. The monoisotopic (exact) mass is 238 g/mol. The molecule has 0 N–H and O–H groups in total. The van der Waals surface area contributed by atoms with Crippen LogP contribution < -0.4 is 5.56 Å². The van der Waals surface area contributed by atoms with Crippen molar-refractivity contribution in [2.75, 3.05) is 6.26 Å². The Hall–Kier alpha value is -1.69. The lowest BCUT2D eigenvalue weighted by Crippen LogP contribution is -2.17. The minimum absolute atomic E-state index is 0.130. The summed E-state index contributed by atoms with van der Waals surface area (Å²) in [5.41, 5.74) is 0.242. The number of hydrogen-bond donors (Lipinski definition) is 0. The molecule has 0 aliphatic heterocycles. The van der Waals surface area contributed by atoms with E-state index in [1.54, 1.807) is 7.05 Å². The fourth-order valence-electron chi connectivity index (χ4n) is 1.42. The second-order valence-electron chi connectivity index (χ2n) is 3.61. The molecule has 0 unspecified atom stereocenters. The normalized spacial score (nSPS) is 11.9. The molecule has 5 nitrogen and oxygen atoms in total. The first-order chi connectivity index (χ1) is 7.39. The third kappa shape index (κ3) is 1.71. The molecule has 2 rings (SSSR count). The van der Waals surface area contributed by atoms with Gasteiger partial charge in [-0.25, -0.2) is 13.4 Å². The van der Waals surface area contributed by atoms with Crippen molar-refractivity contribution >= 4 is 20.7 Å². The first-order valence-electron chi connectivity index (χ1n) is 4.55. The van der Waals surface area contributed by atoms with Crippen molar-refractivity contribution in [1.82, 2.24) is 9.55 Å². The van der Waals surface area contributed by atoms with E-state index in [0.29, 0.717) is 10.9 Å². The summed E-state index contributed by atoms with van der Waals surface area (Å²) in [6, 6.07) is 4.34. The Kier molecular flexibility index (Phi) is 2.31. The molecule has 0 amide bonds. The Bertz CT molecular complexity index is 716. The lowest BCUT2D eigenvalue weighted by atomic mass is 10.2. The highest BCUT2D eigenvalue weighted by Gasteiger charge is 2.10. The second kappa shape index (κ2) is 3.41. The van der Waals surface area contributed by atoms with E-state index in [2.05, 4.69) is 4.98 Å². The van der Waals surface area contributed by atoms with Gasteiger partial charge < -0.3 is 4.57 Å². The molecule has 6 heteroatoms. The fourth-order valence-corrected chi connectivity index (χ4v) is 2.07. The topological polar surface area (TPSA) is 69.0 Å². The number of aryl methyl sites for hydroxylation is 1. The maximum Gasteiger partial charge on any atom is 0.260 e. The molecular weight excluding hydrogens is 228 g/mol. The van der Waals surface area contributed by atoms with E-state index in [1.165, 1.54) is 29.1 Å². The van der Waals surface area contributed by atoms with Gasteiger partial charge in [-0.05, 0) is 18.2 Å². The zero-order valence-corrected chi connectivity index (χ0v) is 9.65. The van der Waals surface area contributed by atoms with Crippen LogP contribution in [0.2, 0.25) is 0 Å². The summed E-state index contributed by atoms with van der Waals surface area (Å²) < 4.78 is 24.0. The summed E-state index contributed by atoms with van der Waals surface area (Å²) >= 11 is 0. The Balaban J connectivity index is 2.90. The number of rotatable bonds is 1. The van der Waals surface area contributed by atoms with Crippen LogP contribution in [0.5, 0.6) is 0 Å². The summed E-state index contributed by atoms with van der Waals surface area (Å²) in [5.74, 6) is 0. The van der Waals surface area contributed by atoms with Crippen LogP contribution in [0, 0.1) is 0 Å². The van der Waals surface area contributed by atoms with Crippen molar-refractivity contribution in [2.45, 2.75) is 4.90 Å². The van der Waals surface area contributed by atoms with E-state index in [0.717, 1.165) is 6.26 Å². The molecule has 16 heavy (non-hydrogen) atoms. The average Bonchev–Trinajstić information content (AvgIpc) is 2.22. The van der Waals surface area contributed by atoms with Gasteiger partial charge in [-0.1, -0.05) is 0 Å². The molecular formula is C10H10N2O3S. The molecule has 0 atom stereocenters. The molecule has 1 aromatic heterocycles. The van der Waals surface area contributed by atoms with Crippen LogP contribution in [-0.4, -0.2) is 24.2 Å². The van der Waals surface area contributed by atoms with Crippen molar-refractivity contribution in [3.05, 3.63) is 34.9 Å². The predicted molar refractivity (Wildman–Crippen MR) is 60.1 cm³/mol. The Morgan fingerprint density at radius 2 is 2.00 bits per heavy atom. The average molecular weight is 238 g/mol.